The van der Waals surface area contributed by atoms with Crippen molar-refractivity contribution < 1.29 is 27.5 Å². The zero-order chi connectivity index (χ0) is 19.7. The number of benzene rings is 1. The smallest absolute Gasteiger partial charge is 0.416 e. The van der Waals surface area contributed by atoms with Crippen molar-refractivity contribution in [1.29, 1.82) is 0 Å². The molecule has 146 valence electrons. The Hall–Kier alpha value is -2.45. The second kappa shape index (κ2) is 9.88. The molecule has 0 unspecified atom stereocenters. The van der Waals surface area contributed by atoms with Crippen molar-refractivity contribution in [2.24, 2.45) is 5.92 Å². The molecule has 0 aliphatic rings. The van der Waals surface area contributed by atoms with E-state index < -0.39 is 23.9 Å². The molecular weight excluding hydrogens is 351 g/mol. The lowest BCUT2D eigenvalue weighted by Gasteiger charge is -2.21. The maximum absolute atomic E-state index is 12.5. The number of nitrogens with one attached hydrogen (secondary N) is 3. The van der Waals surface area contributed by atoms with E-state index in [1.807, 2.05) is 13.8 Å². The number of hydrogen-bond acceptors (Lipinski definition) is 3. The van der Waals surface area contributed by atoms with Crippen LogP contribution in [0.4, 0.5) is 28.4 Å². The van der Waals surface area contributed by atoms with Crippen LogP contribution in [0.5, 0.6) is 0 Å². The van der Waals surface area contributed by atoms with Crippen molar-refractivity contribution >= 4 is 17.8 Å². The number of carbonyl (C=O) groups is 2. The van der Waals surface area contributed by atoms with E-state index in [1.165, 1.54) is 12.1 Å². The van der Waals surface area contributed by atoms with Crippen LogP contribution in [0.2, 0.25) is 0 Å². The molecule has 9 heteroatoms. The van der Waals surface area contributed by atoms with Crippen LogP contribution in [0.3, 0.4) is 0 Å². The fraction of sp³-hybridized carbons (Fsp3) is 0.529. The average Bonchev–Trinajstić information content (AvgIpc) is 2.52. The van der Waals surface area contributed by atoms with Gasteiger partial charge in [-0.05, 0) is 43.5 Å². The molecule has 0 spiro atoms. The summed E-state index contributed by atoms with van der Waals surface area (Å²) in [6.45, 7) is 6.03. The Balaban J connectivity index is 2.55. The highest BCUT2D eigenvalue weighted by Gasteiger charge is 2.30. The largest absolute Gasteiger partial charge is 0.450 e. The second-order valence-corrected chi connectivity index (χ2v) is 6.10. The number of halogens is 3. The van der Waals surface area contributed by atoms with Crippen molar-refractivity contribution in [2.75, 3.05) is 18.5 Å². The Morgan fingerprint density at radius 2 is 1.77 bits per heavy atom. The van der Waals surface area contributed by atoms with Gasteiger partial charge in [0.2, 0.25) is 0 Å². The lowest BCUT2D eigenvalue weighted by Crippen LogP contribution is -2.45. The van der Waals surface area contributed by atoms with Gasteiger partial charge >= 0.3 is 18.3 Å². The van der Waals surface area contributed by atoms with Crippen molar-refractivity contribution in [3.05, 3.63) is 29.8 Å². The van der Waals surface area contributed by atoms with Gasteiger partial charge in [-0.25, -0.2) is 9.59 Å². The van der Waals surface area contributed by atoms with Gasteiger partial charge < -0.3 is 20.7 Å². The number of ether oxygens (including phenoxy) is 1. The van der Waals surface area contributed by atoms with E-state index in [1.54, 1.807) is 6.92 Å². The van der Waals surface area contributed by atoms with Crippen LogP contribution >= 0.6 is 0 Å². The number of alkyl carbamates (subject to hydrolysis) is 1. The van der Waals surface area contributed by atoms with Crippen LogP contribution < -0.4 is 16.0 Å². The number of anilines is 1. The Bertz CT molecular complexity index is 589. The number of alkyl halides is 3. The topological polar surface area (TPSA) is 79.5 Å². The molecule has 0 saturated carbocycles. The maximum atomic E-state index is 12.5. The lowest BCUT2D eigenvalue weighted by molar-refractivity contribution is -0.137. The summed E-state index contributed by atoms with van der Waals surface area (Å²) in [4.78, 5) is 23.4. The quantitative estimate of drug-likeness (QED) is 0.674. The molecule has 0 aromatic heterocycles. The van der Waals surface area contributed by atoms with Gasteiger partial charge in [0.25, 0.3) is 0 Å². The Kier molecular flexibility index (Phi) is 8.21. The second-order valence-electron chi connectivity index (χ2n) is 6.10. The highest BCUT2D eigenvalue weighted by molar-refractivity contribution is 5.89. The lowest BCUT2D eigenvalue weighted by atomic mass is 10.0. The predicted molar refractivity (Wildman–Crippen MR) is 91.9 cm³/mol. The van der Waals surface area contributed by atoms with Gasteiger partial charge in [0.1, 0.15) is 0 Å². The first kappa shape index (κ1) is 21.6. The Morgan fingerprint density at radius 3 is 2.27 bits per heavy atom. The molecule has 3 N–H and O–H groups in total. The summed E-state index contributed by atoms with van der Waals surface area (Å²) >= 11 is 0. The first-order chi connectivity index (χ1) is 12.1. The van der Waals surface area contributed by atoms with E-state index in [0.717, 1.165) is 12.1 Å². The molecule has 6 nitrogen and oxygen atoms in total. The molecule has 0 fully saturated rings. The summed E-state index contributed by atoms with van der Waals surface area (Å²) in [6, 6.07) is 3.21. The highest BCUT2D eigenvalue weighted by Crippen LogP contribution is 2.29. The van der Waals surface area contributed by atoms with E-state index >= 15 is 0 Å². The third kappa shape index (κ3) is 8.09. The third-order valence-corrected chi connectivity index (χ3v) is 3.33. The molecule has 26 heavy (non-hydrogen) atoms. The monoisotopic (exact) mass is 375 g/mol. The number of urea groups is 1. The molecule has 1 aromatic rings. The van der Waals surface area contributed by atoms with Crippen molar-refractivity contribution in [1.82, 2.24) is 10.6 Å². The van der Waals surface area contributed by atoms with Gasteiger partial charge in [0.05, 0.1) is 12.2 Å². The van der Waals surface area contributed by atoms with E-state index in [-0.39, 0.29) is 30.8 Å². The highest BCUT2D eigenvalue weighted by atomic mass is 19.4. The molecule has 0 bridgehead atoms. The fourth-order valence-electron chi connectivity index (χ4n) is 2.24. The van der Waals surface area contributed by atoms with Crippen molar-refractivity contribution in [2.45, 2.75) is 39.4 Å². The van der Waals surface area contributed by atoms with Gasteiger partial charge in [-0.1, -0.05) is 13.8 Å². The first-order valence-electron chi connectivity index (χ1n) is 8.27. The van der Waals surface area contributed by atoms with Gasteiger partial charge in [-0.15, -0.1) is 0 Å². The average molecular weight is 375 g/mol. The minimum absolute atomic E-state index is 0.156. The molecule has 3 amide bonds. The predicted octanol–water partition coefficient (Wildman–Crippen LogP) is 3.99. The first-order valence-corrected chi connectivity index (χ1v) is 8.27. The minimum atomic E-state index is -4.43. The summed E-state index contributed by atoms with van der Waals surface area (Å²) in [7, 11) is 0. The number of amides is 3. The van der Waals surface area contributed by atoms with Crippen LogP contribution in [-0.4, -0.2) is 31.3 Å². The molecule has 0 heterocycles. The van der Waals surface area contributed by atoms with E-state index in [4.69, 9.17) is 4.74 Å². The number of rotatable bonds is 7. The molecule has 0 aliphatic carbocycles. The molecule has 0 saturated heterocycles. The van der Waals surface area contributed by atoms with Gasteiger partial charge in [-0.2, -0.15) is 13.2 Å². The van der Waals surface area contributed by atoms with E-state index in [9.17, 15) is 22.8 Å². The SMILES string of the molecule is CCOC(=O)N[C@H](CNC(=O)Nc1ccc(C(F)(F)F)cc1)CC(C)C. The third-order valence-electron chi connectivity index (χ3n) is 3.33. The van der Waals surface area contributed by atoms with Gasteiger partial charge in [0, 0.05) is 18.3 Å². The van der Waals surface area contributed by atoms with Gasteiger partial charge in [-0.3, -0.25) is 0 Å². The van der Waals surface area contributed by atoms with Crippen LogP contribution in [0.25, 0.3) is 0 Å². The van der Waals surface area contributed by atoms with Gasteiger partial charge in [0.15, 0.2) is 0 Å². The number of hydrogen-bond donors (Lipinski definition) is 3. The summed E-state index contributed by atoms with van der Waals surface area (Å²) < 4.78 is 42.4. The molecular formula is C17H24F3N3O3. The minimum Gasteiger partial charge on any atom is -0.450 e. The standard InChI is InChI=1S/C17H24F3N3O3/c1-4-26-16(25)23-14(9-11(2)3)10-21-15(24)22-13-7-5-12(6-8-13)17(18,19)20/h5-8,11,14H,4,9-10H2,1-3H3,(H,23,25)(H2,21,22,24)/t14-/m0/s1. The Labute approximate surface area is 150 Å². The van der Waals surface area contributed by atoms with Crippen LogP contribution in [0, 0.1) is 5.92 Å². The van der Waals surface area contributed by atoms with Crippen LogP contribution in [0.15, 0.2) is 24.3 Å². The van der Waals surface area contributed by atoms with E-state index in [2.05, 4.69) is 16.0 Å². The Morgan fingerprint density at radius 1 is 1.15 bits per heavy atom. The summed E-state index contributed by atoms with van der Waals surface area (Å²) in [5.41, 5.74) is -0.562. The summed E-state index contributed by atoms with van der Waals surface area (Å²) in [5, 5.41) is 7.70. The molecule has 0 aliphatic heterocycles. The summed E-state index contributed by atoms with van der Waals surface area (Å²) in [6.07, 6.45) is -4.37. The summed E-state index contributed by atoms with van der Waals surface area (Å²) in [5.74, 6) is 0.279. The normalized spacial score (nSPS) is 12.4. The van der Waals surface area contributed by atoms with Crippen molar-refractivity contribution in [3.63, 3.8) is 0 Å². The van der Waals surface area contributed by atoms with Crippen molar-refractivity contribution in [3.8, 4) is 0 Å². The van der Waals surface area contributed by atoms with Crippen LogP contribution in [0.1, 0.15) is 32.8 Å². The zero-order valence-electron chi connectivity index (χ0n) is 14.9. The molecule has 1 aromatic carbocycles. The number of carbonyl (C=O) groups excluding carboxylic acids is 2. The fourth-order valence-corrected chi connectivity index (χ4v) is 2.24. The van der Waals surface area contributed by atoms with Crippen LogP contribution in [-0.2, 0) is 10.9 Å². The molecule has 0 radical (unpaired) electrons. The maximum Gasteiger partial charge on any atom is 0.416 e. The zero-order valence-corrected chi connectivity index (χ0v) is 14.9. The molecule has 1 rings (SSSR count). The van der Waals surface area contributed by atoms with E-state index in [0.29, 0.717) is 6.42 Å². The molecule has 1 atom stereocenters.